The van der Waals surface area contributed by atoms with Gasteiger partial charge in [0.2, 0.25) is 0 Å². The lowest BCUT2D eigenvalue weighted by Gasteiger charge is -2.02. The zero-order valence-corrected chi connectivity index (χ0v) is 12.0. The predicted molar refractivity (Wildman–Crippen MR) is 78.8 cm³/mol. The van der Waals surface area contributed by atoms with Crippen LogP contribution in [0.5, 0.6) is 5.75 Å². The van der Waals surface area contributed by atoms with E-state index in [0.717, 1.165) is 10.1 Å². The van der Waals surface area contributed by atoms with Crippen molar-refractivity contribution in [3.63, 3.8) is 0 Å². The van der Waals surface area contributed by atoms with Crippen molar-refractivity contribution in [2.75, 3.05) is 12.4 Å². The fraction of sp³-hybridized carbons (Fsp3) is 0.286. The number of carbonyl (C=O) groups is 2. The summed E-state index contributed by atoms with van der Waals surface area (Å²) < 4.78 is 0.874. The molecule has 1 aromatic heterocycles. The first-order valence-electron chi connectivity index (χ1n) is 6.12. The molecule has 0 aliphatic heterocycles. The minimum atomic E-state index is -0.977. The van der Waals surface area contributed by atoms with E-state index in [2.05, 4.69) is 5.32 Å². The van der Waals surface area contributed by atoms with Gasteiger partial charge in [-0.15, -0.1) is 11.3 Å². The highest BCUT2D eigenvalue weighted by molar-refractivity contribution is 7.20. The van der Waals surface area contributed by atoms with E-state index >= 15 is 0 Å². The van der Waals surface area contributed by atoms with Crippen LogP contribution in [-0.4, -0.2) is 29.0 Å². The number of hydrogen-bond acceptors (Lipinski definition) is 5. The molecular weight excluding hydrogens is 278 g/mol. The Morgan fingerprint density at radius 1 is 1.35 bits per heavy atom. The van der Waals surface area contributed by atoms with Crippen molar-refractivity contribution in [3.8, 4) is 5.75 Å². The van der Waals surface area contributed by atoms with Crippen LogP contribution in [0.3, 0.4) is 0 Å². The van der Waals surface area contributed by atoms with E-state index in [-0.39, 0.29) is 18.0 Å². The van der Waals surface area contributed by atoms with Crippen molar-refractivity contribution in [1.29, 1.82) is 0 Å². The molecule has 1 aromatic carbocycles. The number of thiophene rings is 1. The molecule has 0 bridgehead atoms. The number of rotatable bonds is 5. The van der Waals surface area contributed by atoms with E-state index in [1.165, 1.54) is 18.3 Å². The molecule has 0 aliphatic rings. The highest BCUT2D eigenvalue weighted by atomic mass is 32.1. The van der Waals surface area contributed by atoms with E-state index in [1.807, 2.05) is 0 Å². The standard InChI is InChI=1S/C14H15NO4S/c1-7(14(18)19)3-11(17)13-5-8-4-10(16)9(15-2)6-12(8)20-13/h4-7,15-16H,3H2,1-2H3,(H,18,19). The number of phenolic OH excluding ortho intramolecular Hbond substituents is 1. The summed E-state index contributed by atoms with van der Waals surface area (Å²) in [5.41, 5.74) is 0.595. The first-order valence-corrected chi connectivity index (χ1v) is 6.94. The maximum Gasteiger partial charge on any atom is 0.306 e. The summed E-state index contributed by atoms with van der Waals surface area (Å²) in [6.07, 6.45) is -0.0208. The molecular formula is C14H15NO4S. The van der Waals surface area contributed by atoms with Crippen molar-refractivity contribution in [2.45, 2.75) is 13.3 Å². The number of ketones is 1. The smallest absolute Gasteiger partial charge is 0.306 e. The van der Waals surface area contributed by atoms with Gasteiger partial charge in [0.05, 0.1) is 16.5 Å². The highest BCUT2D eigenvalue weighted by Crippen LogP contribution is 2.34. The summed E-state index contributed by atoms with van der Waals surface area (Å²) >= 11 is 1.30. The minimum absolute atomic E-state index is 0.0208. The number of carboxylic acids is 1. The van der Waals surface area contributed by atoms with E-state index in [4.69, 9.17) is 5.11 Å². The molecule has 20 heavy (non-hydrogen) atoms. The number of nitrogens with one attached hydrogen (secondary N) is 1. The molecule has 0 spiro atoms. The number of anilines is 1. The molecule has 5 nitrogen and oxygen atoms in total. The lowest BCUT2D eigenvalue weighted by molar-refractivity contribution is -0.141. The Labute approximate surface area is 119 Å². The highest BCUT2D eigenvalue weighted by Gasteiger charge is 2.19. The first kappa shape index (κ1) is 14.3. The third kappa shape index (κ3) is 2.75. The fourth-order valence-corrected chi connectivity index (χ4v) is 2.91. The Morgan fingerprint density at radius 3 is 2.65 bits per heavy atom. The van der Waals surface area contributed by atoms with Crippen LogP contribution in [0, 0.1) is 5.92 Å². The van der Waals surface area contributed by atoms with Gasteiger partial charge in [-0.25, -0.2) is 0 Å². The number of aliphatic carboxylic acids is 1. The van der Waals surface area contributed by atoms with Crippen LogP contribution in [0.4, 0.5) is 5.69 Å². The number of Topliss-reactive ketones (excluding diaryl/α,β-unsaturated/α-hetero) is 1. The van der Waals surface area contributed by atoms with E-state index in [0.29, 0.717) is 10.6 Å². The van der Waals surface area contributed by atoms with Gasteiger partial charge in [0.15, 0.2) is 5.78 Å². The van der Waals surface area contributed by atoms with Gasteiger partial charge < -0.3 is 15.5 Å². The van der Waals surface area contributed by atoms with Gasteiger partial charge in [-0.05, 0) is 23.6 Å². The molecule has 0 fully saturated rings. The molecule has 2 aromatic rings. The number of carbonyl (C=O) groups excluding carboxylic acids is 1. The number of aromatic hydroxyl groups is 1. The SMILES string of the molecule is CNc1cc2sc(C(=O)CC(C)C(=O)O)cc2cc1O. The quantitative estimate of drug-likeness (QED) is 0.583. The molecule has 1 unspecified atom stereocenters. The maximum atomic E-state index is 12.0. The van der Waals surface area contributed by atoms with Crippen molar-refractivity contribution >= 4 is 38.9 Å². The van der Waals surface area contributed by atoms with Crippen LogP contribution in [-0.2, 0) is 4.79 Å². The second-order valence-corrected chi connectivity index (χ2v) is 5.72. The second kappa shape index (κ2) is 5.50. The van der Waals surface area contributed by atoms with Crippen molar-refractivity contribution < 1.29 is 19.8 Å². The van der Waals surface area contributed by atoms with Gasteiger partial charge in [-0.1, -0.05) is 6.92 Å². The van der Waals surface area contributed by atoms with Crippen LogP contribution in [0.15, 0.2) is 18.2 Å². The lowest BCUT2D eigenvalue weighted by atomic mass is 10.0. The van der Waals surface area contributed by atoms with Gasteiger partial charge in [0, 0.05) is 18.2 Å². The van der Waals surface area contributed by atoms with Gasteiger partial charge in [0.25, 0.3) is 0 Å². The van der Waals surface area contributed by atoms with Crippen molar-refractivity contribution in [3.05, 3.63) is 23.1 Å². The zero-order chi connectivity index (χ0) is 14.9. The van der Waals surface area contributed by atoms with E-state index < -0.39 is 11.9 Å². The van der Waals surface area contributed by atoms with Crippen molar-refractivity contribution in [1.82, 2.24) is 0 Å². The van der Waals surface area contributed by atoms with Crippen LogP contribution < -0.4 is 5.32 Å². The Balaban J connectivity index is 2.32. The summed E-state index contributed by atoms with van der Waals surface area (Å²) in [5.74, 6) is -1.74. The third-order valence-corrected chi connectivity index (χ3v) is 4.23. The Kier molecular flexibility index (Phi) is 3.94. The molecule has 0 saturated carbocycles. The second-order valence-electron chi connectivity index (χ2n) is 4.63. The minimum Gasteiger partial charge on any atom is -0.506 e. The lowest BCUT2D eigenvalue weighted by Crippen LogP contribution is -2.13. The van der Waals surface area contributed by atoms with Gasteiger partial charge in [0.1, 0.15) is 5.75 Å². The number of hydrogen-bond donors (Lipinski definition) is 3. The topological polar surface area (TPSA) is 86.6 Å². The first-order chi connectivity index (χ1) is 9.42. The molecule has 1 heterocycles. The fourth-order valence-electron chi connectivity index (χ4n) is 1.88. The zero-order valence-electron chi connectivity index (χ0n) is 11.1. The molecule has 0 amide bonds. The summed E-state index contributed by atoms with van der Waals surface area (Å²) in [4.78, 5) is 23.3. The molecule has 6 heteroatoms. The molecule has 0 radical (unpaired) electrons. The predicted octanol–water partition coefficient (Wildman–Crippen LogP) is 2.94. The van der Waals surface area contributed by atoms with Gasteiger partial charge >= 0.3 is 5.97 Å². The van der Waals surface area contributed by atoms with Crippen molar-refractivity contribution in [2.24, 2.45) is 5.92 Å². The number of carboxylic acid groups (broad SMARTS) is 1. The molecule has 3 N–H and O–H groups in total. The molecule has 2 rings (SSSR count). The molecule has 106 valence electrons. The monoisotopic (exact) mass is 293 g/mol. The van der Waals surface area contributed by atoms with Crippen LogP contribution >= 0.6 is 11.3 Å². The summed E-state index contributed by atoms with van der Waals surface area (Å²) in [6, 6.07) is 5.05. The number of benzene rings is 1. The average molecular weight is 293 g/mol. The summed E-state index contributed by atoms with van der Waals surface area (Å²) in [5, 5.41) is 22.2. The third-order valence-electron chi connectivity index (χ3n) is 3.09. The van der Waals surface area contributed by atoms with E-state index in [1.54, 1.807) is 25.2 Å². The van der Waals surface area contributed by atoms with Gasteiger partial charge in [-0.3, -0.25) is 9.59 Å². The summed E-state index contributed by atoms with van der Waals surface area (Å²) in [6.45, 7) is 1.51. The maximum absolute atomic E-state index is 12.0. The number of phenols is 1. The van der Waals surface area contributed by atoms with Crippen LogP contribution in [0.25, 0.3) is 10.1 Å². The normalized spacial score (nSPS) is 12.3. The van der Waals surface area contributed by atoms with Crippen LogP contribution in [0.2, 0.25) is 0 Å². The molecule has 0 aliphatic carbocycles. The Bertz CT molecular complexity index is 677. The molecule has 1 atom stereocenters. The molecule has 0 saturated heterocycles. The van der Waals surface area contributed by atoms with E-state index in [9.17, 15) is 14.7 Å². The average Bonchev–Trinajstić information content (AvgIpc) is 2.80. The van der Waals surface area contributed by atoms with Crippen LogP contribution in [0.1, 0.15) is 23.0 Å². The Hall–Kier alpha value is -2.08. The van der Waals surface area contributed by atoms with Gasteiger partial charge in [-0.2, -0.15) is 0 Å². The largest absolute Gasteiger partial charge is 0.506 e. The summed E-state index contributed by atoms with van der Waals surface area (Å²) in [7, 11) is 1.70. The Morgan fingerprint density at radius 2 is 2.05 bits per heavy atom. The number of fused-ring (bicyclic) bond motifs is 1.